The van der Waals surface area contributed by atoms with Gasteiger partial charge >= 0.3 is 12.1 Å². The highest BCUT2D eigenvalue weighted by Gasteiger charge is 2.63. The van der Waals surface area contributed by atoms with Crippen LogP contribution in [0.1, 0.15) is 46.1 Å². The van der Waals surface area contributed by atoms with E-state index in [-0.39, 0.29) is 11.3 Å². The molecule has 0 aliphatic heterocycles. The Labute approximate surface area is 142 Å². The second-order valence-electron chi connectivity index (χ2n) is 7.70. The summed E-state index contributed by atoms with van der Waals surface area (Å²) in [5, 5.41) is 12.2. The molecule has 1 aromatic carbocycles. The van der Waals surface area contributed by atoms with E-state index in [0.717, 1.165) is 5.56 Å². The summed E-state index contributed by atoms with van der Waals surface area (Å²) in [5.74, 6) is -0.915. The Morgan fingerprint density at radius 1 is 1.25 bits per heavy atom. The summed E-state index contributed by atoms with van der Waals surface area (Å²) in [6.45, 7) is 9.17. The number of carbonyl (C=O) groups excluding carboxylic acids is 1. The van der Waals surface area contributed by atoms with Gasteiger partial charge in [-0.15, -0.1) is 0 Å². The van der Waals surface area contributed by atoms with Crippen molar-refractivity contribution in [2.24, 2.45) is 11.3 Å². The van der Waals surface area contributed by atoms with Gasteiger partial charge in [-0.25, -0.2) is 4.79 Å². The van der Waals surface area contributed by atoms with Crippen molar-refractivity contribution in [3.63, 3.8) is 0 Å². The second-order valence-corrected chi connectivity index (χ2v) is 7.70. The Kier molecular flexibility index (Phi) is 4.52. The first-order valence-electron chi connectivity index (χ1n) is 7.88. The van der Waals surface area contributed by atoms with Crippen molar-refractivity contribution >= 4 is 17.7 Å². The van der Waals surface area contributed by atoms with Crippen LogP contribution in [0, 0.1) is 11.3 Å². The third-order valence-corrected chi connectivity index (χ3v) is 4.32. The Bertz CT molecular complexity index is 660. The lowest BCUT2D eigenvalue weighted by Crippen LogP contribution is -2.27. The molecule has 2 N–H and O–H groups in total. The zero-order chi connectivity index (χ0) is 18.3. The largest absolute Gasteiger partial charge is 0.497 e. The Morgan fingerprint density at radius 2 is 1.88 bits per heavy atom. The molecule has 0 radical (unpaired) electrons. The third kappa shape index (κ3) is 3.63. The summed E-state index contributed by atoms with van der Waals surface area (Å²) >= 11 is 0. The zero-order valence-corrected chi connectivity index (χ0v) is 15.0. The number of carboxylic acid groups (broad SMARTS) is 1. The topological polar surface area (TPSA) is 84.9 Å². The van der Waals surface area contributed by atoms with Gasteiger partial charge in [0.2, 0.25) is 0 Å². The number of hydrogen-bond donors (Lipinski definition) is 2. The summed E-state index contributed by atoms with van der Waals surface area (Å²) in [6, 6.07) is 5.22. The van der Waals surface area contributed by atoms with Crippen LogP contribution in [0.15, 0.2) is 18.2 Å². The summed E-state index contributed by atoms with van der Waals surface area (Å²) < 4.78 is 10.5. The fourth-order valence-corrected chi connectivity index (χ4v) is 3.13. The minimum atomic E-state index is -0.837. The molecule has 0 bridgehead atoms. The lowest BCUT2D eigenvalue weighted by atomic mass is 10.0. The number of carboxylic acids is 1. The third-order valence-electron chi connectivity index (χ3n) is 4.32. The lowest BCUT2D eigenvalue weighted by molar-refractivity contribution is -0.139. The monoisotopic (exact) mass is 335 g/mol. The molecule has 132 valence electrons. The summed E-state index contributed by atoms with van der Waals surface area (Å²) in [6.07, 6.45) is -0.570. The van der Waals surface area contributed by atoms with Crippen molar-refractivity contribution in [1.82, 2.24) is 0 Å². The molecular formula is C18H25NO5. The Hall–Kier alpha value is -2.24. The van der Waals surface area contributed by atoms with Gasteiger partial charge in [-0.05, 0) is 49.9 Å². The van der Waals surface area contributed by atoms with Crippen LogP contribution in [0.4, 0.5) is 10.5 Å². The number of anilines is 1. The zero-order valence-electron chi connectivity index (χ0n) is 15.0. The maximum absolute atomic E-state index is 12.1. The molecule has 6 nitrogen and oxygen atoms in total. The van der Waals surface area contributed by atoms with Gasteiger partial charge in [0.25, 0.3) is 0 Å². The summed E-state index contributed by atoms with van der Waals surface area (Å²) in [4.78, 5) is 23.6. The van der Waals surface area contributed by atoms with E-state index in [1.54, 1.807) is 46.1 Å². The van der Waals surface area contributed by atoms with Gasteiger partial charge in [-0.1, -0.05) is 13.8 Å². The van der Waals surface area contributed by atoms with Crippen LogP contribution in [0.3, 0.4) is 0 Å². The van der Waals surface area contributed by atoms with Crippen molar-refractivity contribution in [2.75, 3.05) is 12.4 Å². The molecule has 1 aliphatic carbocycles. The lowest BCUT2D eigenvalue weighted by Gasteiger charge is -2.21. The van der Waals surface area contributed by atoms with Crippen molar-refractivity contribution in [1.29, 1.82) is 0 Å². The van der Waals surface area contributed by atoms with E-state index >= 15 is 0 Å². The van der Waals surface area contributed by atoms with Gasteiger partial charge in [0.1, 0.15) is 11.4 Å². The SMILES string of the molecule is COc1ccc(NC(=O)OC(C)(C)C)c([C@H]2[C@H](C(=O)O)C2(C)C)c1. The average Bonchev–Trinajstić information content (AvgIpc) is 3.00. The standard InChI is InChI=1S/C18H25NO5/c1-17(2,3)24-16(22)19-12-8-7-10(23-6)9-11(12)13-14(15(20)21)18(13,4)5/h7-9,13-14H,1-6H3,(H,19,22)(H,20,21)/t13-,14+/m0/s1. The molecule has 6 heteroatoms. The van der Waals surface area contributed by atoms with Crippen molar-refractivity contribution in [3.05, 3.63) is 23.8 Å². The molecular weight excluding hydrogens is 310 g/mol. The van der Waals surface area contributed by atoms with Crippen LogP contribution >= 0.6 is 0 Å². The van der Waals surface area contributed by atoms with Gasteiger partial charge < -0.3 is 14.6 Å². The van der Waals surface area contributed by atoms with Crippen LogP contribution in [-0.2, 0) is 9.53 Å². The number of benzene rings is 1. The molecule has 0 spiro atoms. The summed E-state index contributed by atoms with van der Waals surface area (Å²) in [7, 11) is 1.55. The van der Waals surface area contributed by atoms with Crippen LogP contribution in [0.2, 0.25) is 0 Å². The average molecular weight is 335 g/mol. The van der Waals surface area contributed by atoms with E-state index < -0.39 is 23.6 Å². The van der Waals surface area contributed by atoms with Crippen LogP contribution in [0.25, 0.3) is 0 Å². The number of nitrogens with one attached hydrogen (secondary N) is 1. The molecule has 1 aliphatic rings. The van der Waals surface area contributed by atoms with Crippen molar-refractivity contribution in [3.8, 4) is 5.75 Å². The fraction of sp³-hybridized carbons (Fsp3) is 0.556. The van der Waals surface area contributed by atoms with Crippen molar-refractivity contribution < 1.29 is 24.2 Å². The first-order chi connectivity index (χ1) is 11.0. The molecule has 0 unspecified atom stereocenters. The van der Waals surface area contributed by atoms with E-state index in [4.69, 9.17) is 9.47 Å². The highest BCUT2D eigenvalue weighted by molar-refractivity contribution is 5.87. The molecule has 2 atom stereocenters. The first-order valence-corrected chi connectivity index (χ1v) is 7.88. The highest BCUT2D eigenvalue weighted by Crippen LogP contribution is 2.65. The molecule has 2 rings (SSSR count). The Balaban J connectivity index is 2.33. The number of hydrogen-bond acceptors (Lipinski definition) is 4. The predicted octanol–water partition coefficient (Wildman–Crippen LogP) is 3.87. The Morgan fingerprint density at radius 3 is 2.33 bits per heavy atom. The molecule has 1 saturated carbocycles. The second kappa shape index (κ2) is 6.00. The number of ether oxygens (including phenoxy) is 2. The maximum Gasteiger partial charge on any atom is 0.412 e. The number of carbonyl (C=O) groups is 2. The van der Waals surface area contributed by atoms with E-state index in [9.17, 15) is 14.7 Å². The van der Waals surface area contributed by atoms with Gasteiger partial charge in [-0.3, -0.25) is 10.1 Å². The van der Waals surface area contributed by atoms with E-state index in [0.29, 0.717) is 11.4 Å². The van der Waals surface area contributed by atoms with Gasteiger partial charge in [-0.2, -0.15) is 0 Å². The molecule has 0 aromatic heterocycles. The molecule has 1 amide bonds. The minimum Gasteiger partial charge on any atom is -0.497 e. The molecule has 0 saturated heterocycles. The van der Waals surface area contributed by atoms with Crippen LogP contribution in [0.5, 0.6) is 5.75 Å². The van der Waals surface area contributed by atoms with Crippen molar-refractivity contribution in [2.45, 2.75) is 46.1 Å². The van der Waals surface area contributed by atoms with Gasteiger partial charge in [0.15, 0.2) is 0 Å². The minimum absolute atomic E-state index is 0.199. The number of aliphatic carboxylic acids is 1. The van der Waals surface area contributed by atoms with Crippen LogP contribution in [-0.4, -0.2) is 29.9 Å². The van der Waals surface area contributed by atoms with E-state index in [1.807, 2.05) is 13.8 Å². The van der Waals surface area contributed by atoms with Gasteiger partial charge in [0, 0.05) is 11.6 Å². The fourth-order valence-electron chi connectivity index (χ4n) is 3.13. The number of methoxy groups -OCH3 is 1. The molecule has 1 aromatic rings. The molecule has 1 fully saturated rings. The molecule has 24 heavy (non-hydrogen) atoms. The molecule has 0 heterocycles. The number of amides is 1. The normalized spacial score (nSPS) is 21.8. The van der Waals surface area contributed by atoms with E-state index in [1.165, 1.54) is 0 Å². The van der Waals surface area contributed by atoms with E-state index in [2.05, 4.69) is 5.32 Å². The summed E-state index contributed by atoms with van der Waals surface area (Å²) in [5.41, 5.74) is 0.298. The quantitative estimate of drug-likeness (QED) is 0.872. The van der Waals surface area contributed by atoms with Gasteiger partial charge in [0.05, 0.1) is 13.0 Å². The maximum atomic E-state index is 12.1. The highest BCUT2D eigenvalue weighted by atomic mass is 16.6. The number of rotatable bonds is 4. The van der Waals surface area contributed by atoms with Crippen LogP contribution < -0.4 is 10.1 Å². The predicted molar refractivity (Wildman–Crippen MR) is 90.5 cm³/mol. The first kappa shape index (κ1) is 18.1. The smallest absolute Gasteiger partial charge is 0.412 e.